The van der Waals surface area contributed by atoms with E-state index < -0.39 is 6.17 Å². The lowest BCUT2D eigenvalue weighted by atomic mass is 9.93. The second kappa shape index (κ2) is 6.87. The molecular weight excluding hydrogens is 296 g/mol. The summed E-state index contributed by atoms with van der Waals surface area (Å²) in [5.74, 6) is 0.733. The predicted molar refractivity (Wildman–Crippen MR) is 90.8 cm³/mol. The molecule has 1 saturated carbocycles. The first-order valence-corrected chi connectivity index (χ1v) is 8.51. The first-order chi connectivity index (χ1) is 11.1. The van der Waals surface area contributed by atoms with E-state index in [4.69, 9.17) is 0 Å². The van der Waals surface area contributed by atoms with Crippen LogP contribution in [0.3, 0.4) is 0 Å². The number of nitrogens with one attached hydrogen (secondary N) is 2. The van der Waals surface area contributed by atoms with Crippen LogP contribution in [-0.4, -0.2) is 19.3 Å². The van der Waals surface area contributed by atoms with Gasteiger partial charge in [0, 0.05) is 31.3 Å². The molecule has 1 aliphatic heterocycles. The van der Waals surface area contributed by atoms with Crippen LogP contribution in [-0.2, 0) is 6.54 Å². The van der Waals surface area contributed by atoms with Crippen molar-refractivity contribution in [1.82, 2.24) is 5.32 Å². The number of rotatable bonds is 4. The first kappa shape index (κ1) is 16.2. The Morgan fingerprint density at radius 2 is 2.13 bits per heavy atom. The van der Waals surface area contributed by atoms with Gasteiger partial charge in [-0.2, -0.15) is 0 Å². The Hall–Kier alpha value is -1.62. The quantitative estimate of drug-likeness (QED) is 0.865. The molecule has 5 heteroatoms. The van der Waals surface area contributed by atoms with Gasteiger partial charge in [0.1, 0.15) is 17.8 Å². The SMILES string of the molecule is CC/C=C1/Nc2cc(CNC3CCCCC3F)c(F)cc2N1C. The van der Waals surface area contributed by atoms with Gasteiger partial charge in [-0.05, 0) is 31.4 Å². The number of anilines is 2. The minimum absolute atomic E-state index is 0.150. The second-order valence-corrected chi connectivity index (χ2v) is 6.43. The van der Waals surface area contributed by atoms with E-state index >= 15 is 0 Å². The van der Waals surface area contributed by atoms with Gasteiger partial charge < -0.3 is 15.5 Å². The van der Waals surface area contributed by atoms with Gasteiger partial charge in [0.2, 0.25) is 0 Å². The molecule has 3 rings (SSSR count). The molecule has 1 aliphatic carbocycles. The molecule has 0 aromatic heterocycles. The van der Waals surface area contributed by atoms with Crippen molar-refractivity contribution in [3.05, 3.63) is 35.4 Å². The maximum Gasteiger partial charge on any atom is 0.129 e. The molecule has 0 radical (unpaired) electrons. The number of allylic oxidation sites excluding steroid dienone is 1. The lowest BCUT2D eigenvalue weighted by molar-refractivity contribution is 0.188. The Labute approximate surface area is 136 Å². The summed E-state index contributed by atoms with van der Waals surface area (Å²) in [6, 6.07) is 3.24. The molecule has 2 N–H and O–H groups in total. The van der Waals surface area contributed by atoms with E-state index in [9.17, 15) is 8.78 Å². The van der Waals surface area contributed by atoms with Gasteiger partial charge in [0.05, 0.1) is 11.4 Å². The Morgan fingerprint density at radius 3 is 2.87 bits per heavy atom. The van der Waals surface area contributed by atoms with Crippen molar-refractivity contribution in [2.45, 2.75) is 57.8 Å². The fraction of sp³-hybridized carbons (Fsp3) is 0.556. The summed E-state index contributed by atoms with van der Waals surface area (Å²) in [6.07, 6.45) is 5.62. The summed E-state index contributed by atoms with van der Waals surface area (Å²) < 4.78 is 28.3. The Kier molecular flexibility index (Phi) is 4.85. The molecule has 1 heterocycles. The normalized spacial score (nSPS) is 25.6. The van der Waals surface area contributed by atoms with E-state index in [2.05, 4.69) is 23.6 Å². The maximum absolute atomic E-state index is 14.4. The molecule has 126 valence electrons. The van der Waals surface area contributed by atoms with Crippen molar-refractivity contribution in [3.63, 3.8) is 0 Å². The monoisotopic (exact) mass is 321 g/mol. The van der Waals surface area contributed by atoms with E-state index in [1.54, 1.807) is 6.07 Å². The molecule has 0 amide bonds. The highest BCUT2D eigenvalue weighted by Crippen LogP contribution is 2.37. The highest BCUT2D eigenvalue weighted by molar-refractivity contribution is 5.81. The molecule has 2 aliphatic rings. The summed E-state index contributed by atoms with van der Waals surface area (Å²) in [5, 5.41) is 6.51. The topological polar surface area (TPSA) is 27.3 Å². The van der Waals surface area contributed by atoms with E-state index in [0.29, 0.717) is 18.5 Å². The number of nitrogens with zero attached hydrogens (tertiary/aromatic N) is 1. The van der Waals surface area contributed by atoms with E-state index in [-0.39, 0.29) is 11.9 Å². The van der Waals surface area contributed by atoms with Crippen LogP contribution in [0.5, 0.6) is 0 Å². The molecule has 3 nitrogen and oxygen atoms in total. The number of hydrogen-bond donors (Lipinski definition) is 2. The number of alkyl halides is 1. The van der Waals surface area contributed by atoms with Crippen LogP contribution in [0.25, 0.3) is 0 Å². The van der Waals surface area contributed by atoms with Crippen molar-refractivity contribution in [1.29, 1.82) is 0 Å². The average Bonchev–Trinajstić information content (AvgIpc) is 2.83. The van der Waals surface area contributed by atoms with E-state index in [1.165, 1.54) is 0 Å². The van der Waals surface area contributed by atoms with Crippen LogP contribution in [0.4, 0.5) is 20.2 Å². The standard InChI is InChI=1S/C18H25F2N3/c1-3-6-18-22-16-9-12(14(20)10-17(16)23(18)2)11-21-15-8-5-4-7-13(15)19/h6,9-10,13,15,21-22H,3-5,7-8,11H2,1-2H3/b18-6-. The van der Waals surface area contributed by atoms with Gasteiger partial charge in [-0.25, -0.2) is 8.78 Å². The summed E-state index contributed by atoms with van der Waals surface area (Å²) in [5.41, 5.74) is 2.33. The molecule has 1 fully saturated rings. The molecule has 1 aromatic rings. The summed E-state index contributed by atoms with van der Waals surface area (Å²) in [4.78, 5) is 1.96. The Bertz CT molecular complexity index is 600. The number of benzene rings is 1. The van der Waals surface area contributed by atoms with Crippen LogP contribution in [0.15, 0.2) is 24.0 Å². The van der Waals surface area contributed by atoms with E-state index in [0.717, 1.165) is 42.9 Å². The molecule has 0 bridgehead atoms. The third-order valence-corrected chi connectivity index (χ3v) is 4.78. The van der Waals surface area contributed by atoms with Crippen LogP contribution >= 0.6 is 0 Å². The van der Waals surface area contributed by atoms with Gasteiger partial charge in [-0.3, -0.25) is 0 Å². The van der Waals surface area contributed by atoms with Crippen LogP contribution in [0.2, 0.25) is 0 Å². The highest BCUT2D eigenvalue weighted by Gasteiger charge is 2.26. The fourth-order valence-electron chi connectivity index (χ4n) is 3.41. The second-order valence-electron chi connectivity index (χ2n) is 6.43. The lowest BCUT2D eigenvalue weighted by Crippen LogP contribution is -2.39. The van der Waals surface area contributed by atoms with E-state index in [1.807, 2.05) is 18.0 Å². The molecule has 1 aromatic carbocycles. The Morgan fingerprint density at radius 1 is 1.35 bits per heavy atom. The maximum atomic E-state index is 14.4. The van der Waals surface area contributed by atoms with Crippen molar-refractivity contribution >= 4 is 11.4 Å². The molecular formula is C18H25F2N3. The highest BCUT2D eigenvalue weighted by atomic mass is 19.1. The fourth-order valence-corrected chi connectivity index (χ4v) is 3.41. The van der Waals surface area contributed by atoms with Gasteiger partial charge in [-0.1, -0.05) is 19.8 Å². The minimum Gasteiger partial charge on any atom is -0.340 e. The smallest absolute Gasteiger partial charge is 0.129 e. The molecule has 2 atom stereocenters. The van der Waals surface area contributed by atoms with Crippen LogP contribution in [0, 0.1) is 5.82 Å². The largest absolute Gasteiger partial charge is 0.340 e. The van der Waals surface area contributed by atoms with Crippen molar-refractivity contribution in [3.8, 4) is 0 Å². The predicted octanol–water partition coefficient (Wildman–Crippen LogP) is 4.31. The zero-order valence-corrected chi connectivity index (χ0v) is 13.8. The van der Waals surface area contributed by atoms with Crippen molar-refractivity contribution < 1.29 is 8.78 Å². The molecule has 0 saturated heterocycles. The molecule has 0 spiro atoms. The zero-order chi connectivity index (χ0) is 16.4. The third kappa shape index (κ3) is 3.34. The van der Waals surface area contributed by atoms with Gasteiger partial charge in [0.25, 0.3) is 0 Å². The van der Waals surface area contributed by atoms with Gasteiger partial charge in [0.15, 0.2) is 0 Å². The summed E-state index contributed by atoms with van der Waals surface area (Å²) in [7, 11) is 1.92. The first-order valence-electron chi connectivity index (χ1n) is 8.51. The Balaban J connectivity index is 1.73. The van der Waals surface area contributed by atoms with Gasteiger partial charge in [-0.15, -0.1) is 0 Å². The summed E-state index contributed by atoms with van der Waals surface area (Å²) in [6.45, 7) is 2.43. The van der Waals surface area contributed by atoms with Crippen LogP contribution < -0.4 is 15.5 Å². The average molecular weight is 321 g/mol. The number of fused-ring (bicyclic) bond motifs is 1. The number of halogens is 2. The minimum atomic E-state index is -0.815. The lowest BCUT2D eigenvalue weighted by Gasteiger charge is -2.27. The third-order valence-electron chi connectivity index (χ3n) is 4.78. The molecule has 23 heavy (non-hydrogen) atoms. The number of hydrogen-bond acceptors (Lipinski definition) is 3. The van der Waals surface area contributed by atoms with Crippen molar-refractivity contribution in [2.75, 3.05) is 17.3 Å². The zero-order valence-electron chi connectivity index (χ0n) is 13.8. The van der Waals surface area contributed by atoms with Crippen molar-refractivity contribution in [2.24, 2.45) is 0 Å². The van der Waals surface area contributed by atoms with Gasteiger partial charge >= 0.3 is 0 Å². The summed E-state index contributed by atoms with van der Waals surface area (Å²) >= 11 is 0. The van der Waals surface area contributed by atoms with Crippen LogP contribution in [0.1, 0.15) is 44.6 Å². The molecule has 2 unspecified atom stereocenters.